The summed E-state index contributed by atoms with van der Waals surface area (Å²) in [6.07, 6.45) is 0.473. The van der Waals surface area contributed by atoms with E-state index in [0.717, 1.165) is 13.0 Å². The van der Waals surface area contributed by atoms with Gasteiger partial charge in [-0.1, -0.05) is 6.92 Å². The summed E-state index contributed by atoms with van der Waals surface area (Å²) >= 11 is 0. The molecule has 0 aliphatic heterocycles. The Morgan fingerprint density at radius 3 is 2.25 bits per heavy atom. The molecule has 0 radical (unpaired) electrons. The Morgan fingerprint density at radius 1 is 1.19 bits per heavy atom. The fourth-order valence-corrected chi connectivity index (χ4v) is 1.92. The molecule has 98 valence electrons. The number of aliphatic hydroxyl groups excluding tert-OH is 1. The smallest absolute Gasteiger partial charge is 0.0690 e. The second kappa shape index (κ2) is 8.93. The van der Waals surface area contributed by atoms with Crippen LogP contribution in [0.1, 0.15) is 27.2 Å². The Bertz CT molecular complexity index is 166. The summed E-state index contributed by atoms with van der Waals surface area (Å²) in [5.74, 6) is 0. The number of aliphatic hydroxyl groups is 1. The fraction of sp³-hybridized carbons (Fsp3) is 1.00. The van der Waals surface area contributed by atoms with Crippen LogP contribution in [0.5, 0.6) is 0 Å². The van der Waals surface area contributed by atoms with Crippen LogP contribution in [0.15, 0.2) is 0 Å². The van der Waals surface area contributed by atoms with E-state index in [9.17, 15) is 5.11 Å². The van der Waals surface area contributed by atoms with Gasteiger partial charge >= 0.3 is 0 Å². The normalized spacial score (nSPS) is 17.4. The van der Waals surface area contributed by atoms with Crippen LogP contribution in [0.2, 0.25) is 0 Å². The number of ether oxygens (including phenoxy) is 2. The molecule has 3 unspecified atom stereocenters. The Hall–Kier alpha value is -0.160. The van der Waals surface area contributed by atoms with Gasteiger partial charge in [0.25, 0.3) is 0 Å². The van der Waals surface area contributed by atoms with Gasteiger partial charge in [0.15, 0.2) is 0 Å². The van der Waals surface area contributed by atoms with E-state index in [1.54, 1.807) is 14.2 Å². The van der Waals surface area contributed by atoms with Crippen molar-refractivity contribution in [1.29, 1.82) is 0 Å². The minimum absolute atomic E-state index is 0.130. The van der Waals surface area contributed by atoms with Gasteiger partial charge in [-0.05, 0) is 20.3 Å². The van der Waals surface area contributed by atoms with E-state index in [2.05, 4.69) is 18.7 Å². The molecule has 0 aliphatic carbocycles. The van der Waals surface area contributed by atoms with E-state index in [1.807, 2.05) is 6.92 Å². The van der Waals surface area contributed by atoms with Gasteiger partial charge < -0.3 is 14.6 Å². The van der Waals surface area contributed by atoms with E-state index in [-0.39, 0.29) is 18.2 Å². The molecule has 0 saturated carbocycles. The highest BCUT2D eigenvalue weighted by Crippen LogP contribution is 2.11. The van der Waals surface area contributed by atoms with Crippen LogP contribution in [-0.2, 0) is 9.47 Å². The predicted octanol–water partition coefficient (Wildman–Crippen LogP) is 1.13. The molecule has 0 fully saturated rings. The van der Waals surface area contributed by atoms with Crippen LogP contribution in [0, 0.1) is 0 Å². The SMILES string of the molecule is CCC(O)C(C)N(CCOC)C(C)COC. The van der Waals surface area contributed by atoms with Gasteiger partial charge in [0, 0.05) is 32.8 Å². The summed E-state index contributed by atoms with van der Waals surface area (Å²) in [6, 6.07) is 0.418. The summed E-state index contributed by atoms with van der Waals surface area (Å²) in [7, 11) is 3.39. The topological polar surface area (TPSA) is 41.9 Å². The van der Waals surface area contributed by atoms with Crippen molar-refractivity contribution in [3.8, 4) is 0 Å². The molecule has 0 aromatic carbocycles. The summed E-state index contributed by atoms with van der Waals surface area (Å²) in [5.41, 5.74) is 0. The van der Waals surface area contributed by atoms with Gasteiger partial charge in [-0.3, -0.25) is 4.90 Å². The maximum Gasteiger partial charge on any atom is 0.0690 e. The van der Waals surface area contributed by atoms with Crippen molar-refractivity contribution in [2.24, 2.45) is 0 Å². The zero-order valence-electron chi connectivity index (χ0n) is 11.3. The molecule has 0 saturated heterocycles. The van der Waals surface area contributed by atoms with E-state index in [4.69, 9.17) is 9.47 Å². The summed E-state index contributed by atoms with van der Waals surface area (Å²) < 4.78 is 10.3. The Morgan fingerprint density at radius 2 is 1.81 bits per heavy atom. The van der Waals surface area contributed by atoms with Crippen molar-refractivity contribution in [2.75, 3.05) is 34.0 Å². The molecule has 3 atom stereocenters. The zero-order chi connectivity index (χ0) is 12.6. The first-order valence-corrected chi connectivity index (χ1v) is 6.00. The van der Waals surface area contributed by atoms with Gasteiger partial charge in [0.05, 0.1) is 19.3 Å². The maximum absolute atomic E-state index is 9.89. The summed E-state index contributed by atoms with van der Waals surface area (Å²) in [6.45, 7) is 8.32. The predicted molar refractivity (Wildman–Crippen MR) is 65.7 cm³/mol. The molecule has 0 aromatic rings. The number of nitrogens with zero attached hydrogens (tertiary/aromatic N) is 1. The van der Waals surface area contributed by atoms with E-state index >= 15 is 0 Å². The molecule has 0 spiro atoms. The third-order valence-corrected chi connectivity index (χ3v) is 3.03. The molecule has 0 aromatic heterocycles. The molecule has 1 N–H and O–H groups in total. The van der Waals surface area contributed by atoms with Gasteiger partial charge in [0.1, 0.15) is 0 Å². The van der Waals surface area contributed by atoms with Gasteiger partial charge in [-0.2, -0.15) is 0 Å². The second-order valence-corrected chi connectivity index (χ2v) is 4.25. The monoisotopic (exact) mass is 233 g/mol. The highest BCUT2D eigenvalue weighted by Gasteiger charge is 2.24. The van der Waals surface area contributed by atoms with Crippen molar-refractivity contribution >= 4 is 0 Å². The van der Waals surface area contributed by atoms with Crippen molar-refractivity contribution < 1.29 is 14.6 Å². The van der Waals surface area contributed by atoms with E-state index < -0.39 is 0 Å². The highest BCUT2D eigenvalue weighted by atomic mass is 16.5. The molecular formula is C12H27NO3. The minimum atomic E-state index is -0.295. The lowest BCUT2D eigenvalue weighted by Crippen LogP contribution is -2.49. The lowest BCUT2D eigenvalue weighted by molar-refractivity contribution is -0.000972. The summed E-state index contributed by atoms with van der Waals surface area (Å²) in [4.78, 5) is 2.24. The molecule has 4 nitrogen and oxygen atoms in total. The Kier molecular flexibility index (Phi) is 8.84. The molecule has 4 heteroatoms. The second-order valence-electron chi connectivity index (χ2n) is 4.25. The first-order valence-electron chi connectivity index (χ1n) is 6.00. The lowest BCUT2D eigenvalue weighted by atomic mass is 10.1. The Labute approximate surface area is 99.5 Å². The van der Waals surface area contributed by atoms with E-state index in [0.29, 0.717) is 13.2 Å². The first kappa shape index (κ1) is 15.8. The third-order valence-electron chi connectivity index (χ3n) is 3.03. The molecular weight excluding hydrogens is 206 g/mol. The van der Waals surface area contributed by atoms with Crippen molar-refractivity contribution in [3.05, 3.63) is 0 Å². The zero-order valence-corrected chi connectivity index (χ0v) is 11.3. The minimum Gasteiger partial charge on any atom is -0.392 e. The number of hydrogen-bond donors (Lipinski definition) is 1. The van der Waals surface area contributed by atoms with Crippen LogP contribution in [-0.4, -0.2) is 62.2 Å². The molecule has 0 bridgehead atoms. The quantitative estimate of drug-likeness (QED) is 0.648. The average Bonchev–Trinajstić information content (AvgIpc) is 2.28. The molecule has 0 amide bonds. The van der Waals surface area contributed by atoms with Crippen LogP contribution in [0.25, 0.3) is 0 Å². The van der Waals surface area contributed by atoms with Gasteiger partial charge in [-0.15, -0.1) is 0 Å². The maximum atomic E-state index is 9.89. The van der Waals surface area contributed by atoms with Crippen molar-refractivity contribution in [1.82, 2.24) is 4.90 Å². The average molecular weight is 233 g/mol. The standard InChI is InChI=1S/C12H27NO3/c1-6-12(14)11(3)13(7-8-15-4)10(2)9-16-5/h10-12,14H,6-9H2,1-5H3. The number of rotatable bonds is 9. The largest absolute Gasteiger partial charge is 0.392 e. The van der Waals surface area contributed by atoms with Crippen molar-refractivity contribution in [2.45, 2.75) is 45.4 Å². The van der Waals surface area contributed by atoms with Crippen LogP contribution < -0.4 is 0 Å². The number of methoxy groups -OCH3 is 2. The third kappa shape index (κ3) is 5.25. The Balaban J connectivity index is 4.38. The lowest BCUT2D eigenvalue weighted by Gasteiger charge is -2.36. The van der Waals surface area contributed by atoms with Crippen LogP contribution >= 0.6 is 0 Å². The van der Waals surface area contributed by atoms with Crippen LogP contribution in [0.3, 0.4) is 0 Å². The highest BCUT2D eigenvalue weighted by molar-refractivity contribution is 4.78. The molecule has 0 rings (SSSR count). The van der Waals surface area contributed by atoms with Gasteiger partial charge in [0.2, 0.25) is 0 Å². The molecule has 0 heterocycles. The fourth-order valence-electron chi connectivity index (χ4n) is 1.92. The molecule has 0 aliphatic rings. The number of hydrogen-bond acceptors (Lipinski definition) is 4. The first-order chi connectivity index (χ1) is 7.58. The van der Waals surface area contributed by atoms with Crippen LogP contribution in [0.4, 0.5) is 0 Å². The van der Waals surface area contributed by atoms with Crippen molar-refractivity contribution in [3.63, 3.8) is 0 Å². The molecule has 16 heavy (non-hydrogen) atoms. The van der Waals surface area contributed by atoms with Gasteiger partial charge in [-0.25, -0.2) is 0 Å². The summed E-state index contributed by atoms with van der Waals surface area (Å²) in [5, 5.41) is 9.89. The van der Waals surface area contributed by atoms with E-state index in [1.165, 1.54) is 0 Å².